The molecule has 0 radical (unpaired) electrons. The number of amides is 4. The number of benzene rings is 1. The molecule has 4 amide bonds. The first kappa shape index (κ1) is 14.8. The molecule has 2 rings (SSSR count). The summed E-state index contributed by atoms with van der Waals surface area (Å²) in [6.45, 7) is 2.95. The highest BCUT2D eigenvalue weighted by atomic mass is 16.5. The second-order valence-electron chi connectivity index (χ2n) is 5.15. The second-order valence-corrected chi connectivity index (χ2v) is 5.15. The number of nitrogens with one attached hydrogen (secondary N) is 2. The van der Waals surface area contributed by atoms with Gasteiger partial charge in [-0.25, -0.2) is 4.79 Å². The minimum atomic E-state index is -1.05. The lowest BCUT2D eigenvalue weighted by Crippen LogP contribution is -2.47. The van der Waals surface area contributed by atoms with Crippen molar-refractivity contribution >= 4 is 23.5 Å². The SMILES string of the molecule is COc1ccccc1NC(=O)CN1C(=O)NC(=O)C1(C)C. The molecule has 21 heavy (non-hydrogen) atoms. The highest BCUT2D eigenvalue weighted by Gasteiger charge is 2.46. The van der Waals surface area contributed by atoms with Crippen LogP contribution in [0.25, 0.3) is 0 Å². The van der Waals surface area contributed by atoms with Gasteiger partial charge in [-0.3, -0.25) is 14.9 Å². The number of carbonyl (C=O) groups is 3. The zero-order valence-corrected chi connectivity index (χ0v) is 12.1. The molecule has 0 saturated carbocycles. The quantitative estimate of drug-likeness (QED) is 0.809. The van der Waals surface area contributed by atoms with Crippen LogP contribution >= 0.6 is 0 Å². The molecule has 1 aromatic carbocycles. The molecule has 0 unspecified atom stereocenters. The highest BCUT2D eigenvalue weighted by molar-refractivity contribution is 6.08. The van der Waals surface area contributed by atoms with Crippen LogP contribution in [0.2, 0.25) is 0 Å². The van der Waals surface area contributed by atoms with Crippen LogP contribution in [-0.2, 0) is 9.59 Å². The Morgan fingerprint density at radius 3 is 2.57 bits per heavy atom. The van der Waals surface area contributed by atoms with Crippen molar-refractivity contribution in [1.29, 1.82) is 0 Å². The molecule has 7 heteroatoms. The van der Waals surface area contributed by atoms with Gasteiger partial charge in [-0.05, 0) is 26.0 Å². The van der Waals surface area contributed by atoms with Crippen molar-refractivity contribution in [2.45, 2.75) is 19.4 Å². The summed E-state index contributed by atoms with van der Waals surface area (Å²) < 4.78 is 5.13. The van der Waals surface area contributed by atoms with Crippen LogP contribution in [0.15, 0.2) is 24.3 Å². The van der Waals surface area contributed by atoms with Gasteiger partial charge in [0.1, 0.15) is 17.8 Å². The summed E-state index contributed by atoms with van der Waals surface area (Å²) >= 11 is 0. The smallest absolute Gasteiger partial charge is 0.325 e. The van der Waals surface area contributed by atoms with E-state index in [0.717, 1.165) is 0 Å². The number of hydrogen-bond acceptors (Lipinski definition) is 4. The van der Waals surface area contributed by atoms with Crippen LogP contribution in [0.3, 0.4) is 0 Å². The van der Waals surface area contributed by atoms with E-state index in [4.69, 9.17) is 4.74 Å². The normalized spacial score (nSPS) is 16.6. The molecule has 1 fully saturated rings. The highest BCUT2D eigenvalue weighted by Crippen LogP contribution is 2.24. The van der Waals surface area contributed by atoms with Gasteiger partial charge in [0.05, 0.1) is 12.8 Å². The number of nitrogens with zero attached hydrogens (tertiary/aromatic N) is 1. The fourth-order valence-corrected chi connectivity index (χ4v) is 2.04. The lowest BCUT2D eigenvalue weighted by atomic mass is 10.0. The van der Waals surface area contributed by atoms with E-state index in [0.29, 0.717) is 11.4 Å². The summed E-state index contributed by atoms with van der Waals surface area (Å²) in [6.07, 6.45) is 0. The van der Waals surface area contributed by atoms with Gasteiger partial charge >= 0.3 is 6.03 Å². The summed E-state index contributed by atoms with van der Waals surface area (Å²) in [4.78, 5) is 36.6. The largest absolute Gasteiger partial charge is 0.495 e. The van der Waals surface area contributed by atoms with E-state index >= 15 is 0 Å². The lowest BCUT2D eigenvalue weighted by molar-refractivity contribution is -0.126. The number of carbonyl (C=O) groups excluding carboxylic acids is 3. The van der Waals surface area contributed by atoms with Gasteiger partial charge < -0.3 is 15.0 Å². The standard InChI is InChI=1S/C14H17N3O4/c1-14(2)12(19)16-13(20)17(14)8-11(18)15-9-6-4-5-7-10(9)21-3/h4-7H,8H2,1-3H3,(H,15,18)(H,16,19,20). The molecule has 1 aliphatic rings. The van der Waals surface area contributed by atoms with E-state index in [1.165, 1.54) is 12.0 Å². The summed E-state index contributed by atoms with van der Waals surface area (Å²) in [5.41, 5.74) is -0.538. The van der Waals surface area contributed by atoms with E-state index in [-0.39, 0.29) is 6.54 Å². The fraction of sp³-hybridized carbons (Fsp3) is 0.357. The maximum Gasteiger partial charge on any atom is 0.325 e. The van der Waals surface area contributed by atoms with Crippen molar-refractivity contribution < 1.29 is 19.1 Å². The molecule has 7 nitrogen and oxygen atoms in total. The van der Waals surface area contributed by atoms with Gasteiger partial charge in [0.25, 0.3) is 5.91 Å². The number of anilines is 1. The summed E-state index contributed by atoms with van der Waals surface area (Å²) in [5.74, 6) is -0.304. The number of rotatable bonds is 4. The van der Waals surface area contributed by atoms with Crippen LogP contribution in [0.4, 0.5) is 10.5 Å². The van der Waals surface area contributed by atoms with Gasteiger partial charge in [0, 0.05) is 0 Å². The van der Waals surface area contributed by atoms with Crippen molar-refractivity contribution in [3.8, 4) is 5.75 Å². The summed E-state index contributed by atoms with van der Waals surface area (Å²) in [6, 6.07) is 6.38. The molecule has 1 aliphatic heterocycles. The Bertz CT molecular complexity index is 598. The predicted molar refractivity (Wildman–Crippen MR) is 75.9 cm³/mol. The van der Waals surface area contributed by atoms with Crippen molar-refractivity contribution in [2.75, 3.05) is 19.0 Å². The molecule has 0 aromatic heterocycles. The number of urea groups is 1. The third-order valence-corrected chi connectivity index (χ3v) is 3.38. The molecular weight excluding hydrogens is 274 g/mol. The van der Waals surface area contributed by atoms with Crippen LogP contribution in [0.5, 0.6) is 5.75 Å². The van der Waals surface area contributed by atoms with Crippen LogP contribution in [0.1, 0.15) is 13.8 Å². The number of ether oxygens (including phenoxy) is 1. The number of para-hydroxylation sites is 2. The predicted octanol–water partition coefficient (Wildman–Crippen LogP) is 0.964. The van der Waals surface area contributed by atoms with Crippen molar-refractivity contribution in [2.24, 2.45) is 0 Å². The molecule has 112 valence electrons. The van der Waals surface area contributed by atoms with Crippen molar-refractivity contribution in [3.05, 3.63) is 24.3 Å². The molecule has 2 N–H and O–H groups in total. The molecule has 0 aliphatic carbocycles. The van der Waals surface area contributed by atoms with Gasteiger partial charge in [0.2, 0.25) is 5.91 Å². The van der Waals surface area contributed by atoms with Crippen LogP contribution in [0, 0.1) is 0 Å². The zero-order chi connectivity index (χ0) is 15.6. The number of methoxy groups -OCH3 is 1. The van der Waals surface area contributed by atoms with Crippen molar-refractivity contribution in [1.82, 2.24) is 10.2 Å². The Labute approximate surface area is 122 Å². The van der Waals surface area contributed by atoms with Gasteiger partial charge in [-0.2, -0.15) is 0 Å². The first-order chi connectivity index (χ1) is 9.86. The van der Waals surface area contributed by atoms with Gasteiger partial charge in [0.15, 0.2) is 0 Å². The first-order valence-electron chi connectivity index (χ1n) is 6.42. The minimum absolute atomic E-state index is 0.220. The fourth-order valence-electron chi connectivity index (χ4n) is 2.04. The molecule has 0 atom stereocenters. The molecule has 1 heterocycles. The summed E-state index contributed by atoms with van der Waals surface area (Å²) in [7, 11) is 1.50. The molecular formula is C14H17N3O4. The van der Waals surface area contributed by atoms with E-state index in [1.807, 2.05) is 0 Å². The van der Waals surface area contributed by atoms with Gasteiger partial charge in [-0.1, -0.05) is 12.1 Å². The van der Waals surface area contributed by atoms with E-state index in [1.54, 1.807) is 38.1 Å². The topological polar surface area (TPSA) is 87.7 Å². The average molecular weight is 291 g/mol. The van der Waals surface area contributed by atoms with E-state index < -0.39 is 23.4 Å². The summed E-state index contributed by atoms with van der Waals surface area (Å²) in [5, 5.41) is 4.86. The molecule has 1 aromatic rings. The number of imide groups is 1. The van der Waals surface area contributed by atoms with Crippen LogP contribution in [-0.4, -0.2) is 41.9 Å². The molecule has 0 bridgehead atoms. The Hall–Kier alpha value is -2.57. The Morgan fingerprint density at radius 1 is 1.33 bits per heavy atom. The van der Waals surface area contributed by atoms with E-state index in [2.05, 4.69) is 10.6 Å². The Balaban J connectivity index is 2.09. The maximum absolute atomic E-state index is 12.1. The Kier molecular flexibility index (Phi) is 3.84. The van der Waals surface area contributed by atoms with Crippen LogP contribution < -0.4 is 15.4 Å². The van der Waals surface area contributed by atoms with Gasteiger partial charge in [-0.15, -0.1) is 0 Å². The average Bonchev–Trinajstić information content (AvgIpc) is 2.62. The molecule has 0 spiro atoms. The second kappa shape index (κ2) is 5.43. The zero-order valence-electron chi connectivity index (χ0n) is 12.1. The first-order valence-corrected chi connectivity index (χ1v) is 6.42. The minimum Gasteiger partial charge on any atom is -0.495 e. The number of hydrogen-bond donors (Lipinski definition) is 2. The third-order valence-electron chi connectivity index (χ3n) is 3.38. The van der Waals surface area contributed by atoms with Crippen molar-refractivity contribution in [3.63, 3.8) is 0 Å². The monoisotopic (exact) mass is 291 g/mol. The maximum atomic E-state index is 12.1. The van der Waals surface area contributed by atoms with E-state index in [9.17, 15) is 14.4 Å². The molecule has 1 saturated heterocycles. The Morgan fingerprint density at radius 2 is 2.00 bits per heavy atom. The lowest BCUT2D eigenvalue weighted by Gasteiger charge is -2.27. The third kappa shape index (κ3) is 2.81.